The number of thioether (sulfide) groups is 1. The van der Waals surface area contributed by atoms with Crippen molar-refractivity contribution in [2.24, 2.45) is 0 Å². The number of benzene rings is 2. The Morgan fingerprint density at radius 2 is 1.80 bits per heavy atom. The van der Waals surface area contributed by atoms with E-state index in [4.69, 9.17) is 11.6 Å². The molecule has 2 heterocycles. The molecule has 0 spiro atoms. The van der Waals surface area contributed by atoms with E-state index in [9.17, 15) is 14.4 Å². The Bertz CT molecular complexity index is 1040. The molecule has 2 aliphatic heterocycles. The van der Waals surface area contributed by atoms with Crippen LogP contribution in [0.5, 0.6) is 0 Å². The molecule has 0 aromatic heterocycles. The van der Waals surface area contributed by atoms with Gasteiger partial charge < -0.3 is 4.90 Å². The normalized spacial score (nSPS) is 18.0. The number of rotatable bonds is 5. The quantitative estimate of drug-likeness (QED) is 0.474. The number of carbonyl (C=O) groups excluding carboxylic acids is 3. The van der Waals surface area contributed by atoms with E-state index in [-0.39, 0.29) is 12.3 Å². The maximum absolute atomic E-state index is 12.8. The number of nitrogens with zero attached hydrogens (tertiary/aromatic N) is 2. The number of hydrogen-bond acceptors (Lipinski definition) is 5. The minimum atomic E-state index is -0.435. The first kappa shape index (κ1) is 20.7. The summed E-state index contributed by atoms with van der Waals surface area (Å²) in [6.45, 7) is 3.86. The minimum absolute atomic E-state index is 0.281. The first-order chi connectivity index (χ1) is 14.4. The van der Waals surface area contributed by atoms with Crippen molar-refractivity contribution in [2.45, 2.75) is 19.8 Å². The van der Waals surface area contributed by atoms with E-state index in [2.05, 4.69) is 17.0 Å². The molecule has 0 atom stereocenters. The van der Waals surface area contributed by atoms with Crippen molar-refractivity contribution >= 4 is 52.1 Å². The van der Waals surface area contributed by atoms with Gasteiger partial charge in [0.25, 0.3) is 11.1 Å². The Balaban J connectivity index is 1.50. The number of aryl methyl sites for hydroxylation is 1. The first-order valence-electron chi connectivity index (χ1n) is 9.82. The number of carbonyl (C=O) groups is 3. The van der Waals surface area contributed by atoms with Crippen molar-refractivity contribution < 1.29 is 14.4 Å². The van der Waals surface area contributed by atoms with Crippen LogP contribution in [0.3, 0.4) is 0 Å². The van der Waals surface area contributed by atoms with Crippen molar-refractivity contribution in [3.8, 4) is 0 Å². The highest BCUT2D eigenvalue weighted by molar-refractivity contribution is 8.18. The number of halogens is 1. The van der Waals surface area contributed by atoms with E-state index in [1.54, 1.807) is 30.3 Å². The van der Waals surface area contributed by atoms with Crippen LogP contribution >= 0.6 is 23.4 Å². The van der Waals surface area contributed by atoms with Crippen LogP contribution in [0.25, 0.3) is 6.08 Å². The second-order valence-corrected chi connectivity index (χ2v) is 8.86. The summed E-state index contributed by atoms with van der Waals surface area (Å²) in [7, 11) is 0. The average Bonchev–Trinajstić information content (AvgIpc) is 3.35. The third-order valence-corrected chi connectivity index (χ3v) is 6.51. The summed E-state index contributed by atoms with van der Waals surface area (Å²) in [6.07, 6.45) is 4.16. The fraction of sp³-hybridized carbons (Fsp3) is 0.261. The standard InChI is InChI=1S/C23H21ClN2O3S/c1-15-12-19(25-10-2-3-11-25)9-6-17(15)13-21-22(28)26(23(29)30-21)14-20(27)16-4-7-18(24)8-5-16/h4-9,12-13H,2-3,10-11,14H2,1H3/b21-13+. The van der Waals surface area contributed by atoms with Crippen LogP contribution in [0.4, 0.5) is 10.5 Å². The molecule has 2 aromatic rings. The molecule has 154 valence electrons. The molecule has 2 aliphatic rings. The van der Waals surface area contributed by atoms with E-state index in [1.165, 1.54) is 18.5 Å². The zero-order valence-electron chi connectivity index (χ0n) is 16.6. The molecule has 0 saturated carbocycles. The topological polar surface area (TPSA) is 57.7 Å². The van der Waals surface area contributed by atoms with E-state index >= 15 is 0 Å². The van der Waals surface area contributed by atoms with Gasteiger partial charge >= 0.3 is 0 Å². The molecule has 30 heavy (non-hydrogen) atoms. The Kier molecular flexibility index (Phi) is 5.97. The summed E-state index contributed by atoms with van der Waals surface area (Å²) < 4.78 is 0. The lowest BCUT2D eigenvalue weighted by atomic mass is 10.1. The number of hydrogen-bond donors (Lipinski definition) is 0. The summed E-state index contributed by atoms with van der Waals surface area (Å²) in [5, 5.41) is 0.0895. The lowest BCUT2D eigenvalue weighted by Gasteiger charge is -2.18. The molecule has 0 N–H and O–H groups in total. The van der Waals surface area contributed by atoms with Gasteiger partial charge in [0.05, 0.1) is 11.4 Å². The van der Waals surface area contributed by atoms with Crippen molar-refractivity contribution in [2.75, 3.05) is 24.5 Å². The zero-order chi connectivity index (χ0) is 21.3. The summed E-state index contributed by atoms with van der Waals surface area (Å²) in [4.78, 5) is 41.3. The van der Waals surface area contributed by atoms with Crippen LogP contribution in [0.2, 0.25) is 5.02 Å². The van der Waals surface area contributed by atoms with Gasteiger partial charge in [-0.3, -0.25) is 19.3 Å². The van der Waals surface area contributed by atoms with Crippen LogP contribution in [0.1, 0.15) is 34.3 Å². The predicted octanol–water partition coefficient (Wildman–Crippen LogP) is 5.17. The fourth-order valence-electron chi connectivity index (χ4n) is 3.64. The number of anilines is 1. The van der Waals surface area contributed by atoms with E-state index < -0.39 is 11.1 Å². The lowest BCUT2D eigenvalue weighted by Crippen LogP contribution is -2.33. The summed E-state index contributed by atoms with van der Waals surface area (Å²) in [5.41, 5.74) is 3.54. The smallest absolute Gasteiger partial charge is 0.293 e. The van der Waals surface area contributed by atoms with Crippen molar-refractivity contribution in [3.05, 3.63) is 69.1 Å². The molecule has 0 bridgehead atoms. The third kappa shape index (κ3) is 4.30. The van der Waals surface area contributed by atoms with Gasteiger partial charge in [0.2, 0.25) is 0 Å². The third-order valence-electron chi connectivity index (χ3n) is 5.35. The van der Waals surface area contributed by atoms with Gasteiger partial charge in [-0.2, -0.15) is 0 Å². The zero-order valence-corrected chi connectivity index (χ0v) is 18.1. The summed E-state index contributed by atoms with van der Waals surface area (Å²) in [6, 6.07) is 12.5. The second kappa shape index (κ2) is 8.66. The van der Waals surface area contributed by atoms with Gasteiger partial charge in [0.15, 0.2) is 5.78 Å². The fourth-order valence-corrected chi connectivity index (χ4v) is 4.60. The Morgan fingerprint density at radius 3 is 2.47 bits per heavy atom. The summed E-state index contributed by atoms with van der Waals surface area (Å²) in [5.74, 6) is -0.739. The van der Waals surface area contributed by atoms with Gasteiger partial charge in [-0.05, 0) is 85.1 Å². The molecule has 5 nitrogen and oxygen atoms in total. The predicted molar refractivity (Wildman–Crippen MR) is 121 cm³/mol. The molecule has 7 heteroatoms. The highest BCUT2D eigenvalue weighted by Crippen LogP contribution is 2.33. The molecule has 2 fully saturated rings. The van der Waals surface area contributed by atoms with Gasteiger partial charge in [0.1, 0.15) is 0 Å². The highest BCUT2D eigenvalue weighted by atomic mass is 35.5. The lowest BCUT2D eigenvalue weighted by molar-refractivity contribution is -0.122. The van der Waals surface area contributed by atoms with Crippen LogP contribution in [-0.2, 0) is 4.79 Å². The second-order valence-electron chi connectivity index (χ2n) is 7.43. The molecule has 2 amide bonds. The number of imide groups is 1. The molecular formula is C23H21ClN2O3S. The molecule has 2 saturated heterocycles. The van der Waals surface area contributed by atoms with E-state index in [1.807, 2.05) is 13.0 Å². The number of ketones is 1. The average molecular weight is 441 g/mol. The number of amides is 2. The molecular weight excluding hydrogens is 420 g/mol. The van der Waals surface area contributed by atoms with Crippen LogP contribution in [0.15, 0.2) is 47.4 Å². The highest BCUT2D eigenvalue weighted by Gasteiger charge is 2.36. The maximum Gasteiger partial charge on any atom is 0.293 e. The summed E-state index contributed by atoms with van der Waals surface area (Å²) >= 11 is 6.71. The van der Waals surface area contributed by atoms with E-state index in [0.29, 0.717) is 15.5 Å². The van der Waals surface area contributed by atoms with Crippen molar-refractivity contribution in [1.29, 1.82) is 0 Å². The largest absolute Gasteiger partial charge is 0.372 e. The van der Waals surface area contributed by atoms with Gasteiger partial charge in [0, 0.05) is 29.4 Å². The Labute approximate surface area is 184 Å². The van der Waals surface area contributed by atoms with E-state index in [0.717, 1.165) is 40.9 Å². The molecule has 4 rings (SSSR count). The minimum Gasteiger partial charge on any atom is -0.372 e. The monoisotopic (exact) mass is 440 g/mol. The molecule has 0 unspecified atom stereocenters. The van der Waals surface area contributed by atoms with Gasteiger partial charge in [-0.15, -0.1) is 0 Å². The Morgan fingerprint density at radius 1 is 1.10 bits per heavy atom. The van der Waals surface area contributed by atoms with Crippen molar-refractivity contribution in [1.82, 2.24) is 4.90 Å². The Hall–Kier alpha value is -2.57. The SMILES string of the molecule is Cc1cc(N2CCCC2)ccc1/C=C1/SC(=O)N(CC(=O)c2ccc(Cl)cc2)C1=O. The maximum atomic E-state index is 12.8. The molecule has 2 aromatic carbocycles. The molecule has 0 radical (unpaired) electrons. The van der Waals surface area contributed by atoms with Crippen LogP contribution < -0.4 is 4.90 Å². The first-order valence-corrected chi connectivity index (χ1v) is 11.0. The van der Waals surface area contributed by atoms with Crippen LogP contribution in [0, 0.1) is 6.92 Å². The van der Waals surface area contributed by atoms with Gasteiger partial charge in [-0.25, -0.2) is 0 Å². The number of Topliss-reactive ketones (excluding diaryl/α,β-unsaturated/α-hetero) is 1. The van der Waals surface area contributed by atoms with Crippen LogP contribution in [-0.4, -0.2) is 41.5 Å². The molecule has 0 aliphatic carbocycles. The van der Waals surface area contributed by atoms with Crippen molar-refractivity contribution in [3.63, 3.8) is 0 Å². The van der Waals surface area contributed by atoms with Gasteiger partial charge in [-0.1, -0.05) is 17.7 Å².